The number of nitrogens with two attached hydrogens (primary N) is 1. The lowest BCUT2D eigenvalue weighted by Gasteiger charge is -2.24. The number of esters is 1. The summed E-state index contributed by atoms with van der Waals surface area (Å²) in [5.41, 5.74) is 6.08. The van der Waals surface area contributed by atoms with Gasteiger partial charge in [-0.3, -0.25) is 9.59 Å². The fourth-order valence-corrected chi connectivity index (χ4v) is 2.13. The van der Waals surface area contributed by atoms with Crippen LogP contribution in [0.15, 0.2) is 48.3 Å². The molecule has 0 bridgehead atoms. The van der Waals surface area contributed by atoms with Crippen LogP contribution in [0.3, 0.4) is 0 Å². The molecule has 24 heavy (non-hydrogen) atoms. The van der Waals surface area contributed by atoms with Gasteiger partial charge in [0, 0.05) is 12.0 Å². The van der Waals surface area contributed by atoms with Gasteiger partial charge >= 0.3 is 5.97 Å². The number of rotatable bonds is 9. The predicted molar refractivity (Wildman–Crippen MR) is 90.3 cm³/mol. The molecule has 0 aromatic heterocycles. The number of aromatic hydroxyl groups is 1. The van der Waals surface area contributed by atoms with Crippen molar-refractivity contribution < 1.29 is 24.2 Å². The van der Waals surface area contributed by atoms with E-state index in [1.54, 1.807) is 37.3 Å². The SMILES string of the molecule is C/C=C(/C=O)[C@@](N)(/C=C\OC)CC(=O)OCCc1ccc(O)cc1. The maximum atomic E-state index is 12.0. The summed E-state index contributed by atoms with van der Waals surface area (Å²) in [7, 11) is 1.45. The number of phenols is 1. The highest BCUT2D eigenvalue weighted by atomic mass is 16.5. The highest BCUT2D eigenvalue weighted by Crippen LogP contribution is 2.20. The van der Waals surface area contributed by atoms with E-state index in [1.165, 1.54) is 19.4 Å². The van der Waals surface area contributed by atoms with Crippen molar-refractivity contribution in [1.82, 2.24) is 0 Å². The van der Waals surface area contributed by atoms with E-state index in [-0.39, 0.29) is 24.4 Å². The van der Waals surface area contributed by atoms with Gasteiger partial charge in [-0.2, -0.15) is 0 Å². The van der Waals surface area contributed by atoms with Crippen molar-refractivity contribution in [2.24, 2.45) is 5.73 Å². The van der Waals surface area contributed by atoms with Crippen LogP contribution in [0, 0.1) is 0 Å². The molecule has 0 amide bonds. The topological polar surface area (TPSA) is 98.9 Å². The largest absolute Gasteiger partial charge is 0.508 e. The molecule has 3 N–H and O–H groups in total. The van der Waals surface area contributed by atoms with E-state index in [0.717, 1.165) is 5.56 Å². The number of allylic oxidation sites excluding steroid dienone is 1. The molecule has 1 rings (SSSR count). The zero-order valence-electron chi connectivity index (χ0n) is 13.9. The van der Waals surface area contributed by atoms with Crippen LogP contribution >= 0.6 is 0 Å². The number of carbonyl (C=O) groups is 2. The molecule has 0 radical (unpaired) electrons. The summed E-state index contributed by atoms with van der Waals surface area (Å²) in [6.45, 7) is 1.85. The Balaban J connectivity index is 2.63. The normalized spacial score (nSPS) is 14.2. The second-order valence-electron chi connectivity index (χ2n) is 5.25. The summed E-state index contributed by atoms with van der Waals surface area (Å²) in [4.78, 5) is 23.2. The van der Waals surface area contributed by atoms with Crippen molar-refractivity contribution in [3.05, 3.63) is 53.8 Å². The number of methoxy groups -OCH3 is 1. The van der Waals surface area contributed by atoms with Gasteiger partial charge in [-0.05, 0) is 30.7 Å². The van der Waals surface area contributed by atoms with E-state index in [0.29, 0.717) is 12.7 Å². The van der Waals surface area contributed by atoms with Gasteiger partial charge in [0.2, 0.25) is 0 Å². The van der Waals surface area contributed by atoms with Gasteiger partial charge in [0.1, 0.15) is 12.0 Å². The lowest BCUT2D eigenvalue weighted by Crippen LogP contribution is -2.43. The zero-order chi connectivity index (χ0) is 18.0. The van der Waals surface area contributed by atoms with Crippen LogP contribution in [-0.2, 0) is 25.5 Å². The Morgan fingerprint density at radius 2 is 2.00 bits per heavy atom. The minimum atomic E-state index is -1.28. The first-order chi connectivity index (χ1) is 11.4. The van der Waals surface area contributed by atoms with Gasteiger partial charge in [0.25, 0.3) is 0 Å². The van der Waals surface area contributed by atoms with Crippen molar-refractivity contribution in [3.63, 3.8) is 0 Å². The van der Waals surface area contributed by atoms with Crippen LogP contribution in [0.2, 0.25) is 0 Å². The molecule has 0 saturated heterocycles. The van der Waals surface area contributed by atoms with Crippen LogP contribution in [0.25, 0.3) is 0 Å². The average molecular weight is 333 g/mol. The summed E-state index contributed by atoms with van der Waals surface area (Å²) in [6.07, 6.45) is 5.29. The minimum absolute atomic E-state index is 0.180. The van der Waals surface area contributed by atoms with Gasteiger partial charge in [0.15, 0.2) is 0 Å². The van der Waals surface area contributed by atoms with Crippen LogP contribution in [0.1, 0.15) is 18.9 Å². The smallest absolute Gasteiger partial charge is 0.308 e. The van der Waals surface area contributed by atoms with Gasteiger partial charge in [-0.15, -0.1) is 0 Å². The second kappa shape index (κ2) is 9.52. The van der Waals surface area contributed by atoms with Crippen molar-refractivity contribution in [2.75, 3.05) is 13.7 Å². The van der Waals surface area contributed by atoms with Crippen molar-refractivity contribution in [1.29, 1.82) is 0 Å². The van der Waals surface area contributed by atoms with Crippen molar-refractivity contribution in [3.8, 4) is 5.75 Å². The summed E-state index contributed by atoms with van der Waals surface area (Å²) in [5, 5.41) is 9.22. The molecule has 1 aromatic carbocycles. The highest BCUT2D eigenvalue weighted by Gasteiger charge is 2.30. The molecule has 0 fully saturated rings. The Labute approximate surface area is 141 Å². The Morgan fingerprint density at radius 3 is 2.54 bits per heavy atom. The first-order valence-electron chi connectivity index (χ1n) is 7.50. The van der Waals surface area contributed by atoms with E-state index in [2.05, 4.69) is 0 Å². The molecule has 0 aliphatic carbocycles. The summed E-state index contributed by atoms with van der Waals surface area (Å²) >= 11 is 0. The Morgan fingerprint density at radius 1 is 1.33 bits per heavy atom. The molecule has 1 atom stereocenters. The third-order valence-electron chi connectivity index (χ3n) is 3.50. The van der Waals surface area contributed by atoms with E-state index >= 15 is 0 Å². The van der Waals surface area contributed by atoms with Crippen molar-refractivity contribution in [2.45, 2.75) is 25.3 Å². The highest BCUT2D eigenvalue weighted by molar-refractivity contribution is 5.82. The van der Waals surface area contributed by atoms with E-state index in [4.69, 9.17) is 15.2 Å². The Hall–Kier alpha value is -2.60. The van der Waals surface area contributed by atoms with Crippen LogP contribution in [0.4, 0.5) is 0 Å². The number of hydrogen-bond acceptors (Lipinski definition) is 6. The average Bonchev–Trinajstić information content (AvgIpc) is 2.56. The molecule has 6 nitrogen and oxygen atoms in total. The monoisotopic (exact) mass is 333 g/mol. The van der Waals surface area contributed by atoms with E-state index in [1.807, 2.05) is 0 Å². The maximum absolute atomic E-state index is 12.0. The first-order valence-corrected chi connectivity index (χ1v) is 7.50. The molecule has 1 aromatic rings. The minimum Gasteiger partial charge on any atom is -0.508 e. The summed E-state index contributed by atoms with van der Waals surface area (Å²) < 4.78 is 10.0. The number of phenolic OH excluding ortho intramolecular Hbond substituents is 1. The third kappa shape index (κ3) is 5.89. The predicted octanol–water partition coefficient (Wildman–Crippen LogP) is 1.87. The lowest BCUT2D eigenvalue weighted by molar-refractivity contribution is -0.144. The number of aldehydes is 1. The summed E-state index contributed by atoms with van der Waals surface area (Å²) in [5.74, 6) is -0.334. The number of carbonyl (C=O) groups excluding carboxylic acids is 2. The number of benzene rings is 1. The van der Waals surface area contributed by atoms with Gasteiger partial charge in [-0.1, -0.05) is 18.2 Å². The zero-order valence-corrected chi connectivity index (χ0v) is 13.9. The maximum Gasteiger partial charge on any atom is 0.308 e. The molecule has 0 saturated carbocycles. The Bertz CT molecular complexity index is 606. The molecule has 0 spiro atoms. The van der Waals surface area contributed by atoms with Gasteiger partial charge in [-0.25, -0.2) is 0 Å². The molecule has 0 unspecified atom stereocenters. The lowest BCUT2D eigenvalue weighted by atomic mass is 9.88. The van der Waals surface area contributed by atoms with Crippen LogP contribution in [0.5, 0.6) is 5.75 Å². The molecular formula is C18H23NO5. The first kappa shape index (κ1) is 19.4. The van der Waals surface area contributed by atoms with Crippen LogP contribution in [-0.4, -0.2) is 36.6 Å². The van der Waals surface area contributed by atoms with Crippen LogP contribution < -0.4 is 5.73 Å². The molecule has 6 heteroatoms. The number of hydrogen-bond donors (Lipinski definition) is 2. The standard InChI is InChI=1S/C18H23NO5/c1-3-15(13-20)18(19,9-11-23-2)12-17(22)24-10-8-14-4-6-16(21)7-5-14/h3-7,9,11,13,21H,8,10,12,19H2,1-2H3/b11-9-,15-3-/t18-/m1/s1. The summed E-state index contributed by atoms with van der Waals surface area (Å²) in [6, 6.07) is 6.64. The fraction of sp³-hybridized carbons (Fsp3) is 0.333. The quantitative estimate of drug-likeness (QED) is 0.310. The molecule has 0 heterocycles. The van der Waals surface area contributed by atoms with Gasteiger partial charge in [0.05, 0.1) is 31.9 Å². The van der Waals surface area contributed by atoms with Gasteiger partial charge < -0.3 is 20.3 Å². The Kier molecular flexibility index (Phi) is 7.71. The fourth-order valence-electron chi connectivity index (χ4n) is 2.13. The molecule has 130 valence electrons. The molecular weight excluding hydrogens is 310 g/mol. The molecule has 0 aliphatic heterocycles. The van der Waals surface area contributed by atoms with E-state index in [9.17, 15) is 14.7 Å². The number of ether oxygens (including phenoxy) is 2. The third-order valence-corrected chi connectivity index (χ3v) is 3.50. The second-order valence-corrected chi connectivity index (χ2v) is 5.25. The van der Waals surface area contributed by atoms with E-state index < -0.39 is 11.5 Å². The molecule has 0 aliphatic rings. The van der Waals surface area contributed by atoms with Crippen molar-refractivity contribution >= 4 is 12.3 Å².